The van der Waals surface area contributed by atoms with E-state index in [1.807, 2.05) is 13.1 Å². The molecule has 0 bridgehead atoms. The van der Waals surface area contributed by atoms with Crippen LogP contribution in [0.25, 0.3) is 16.7 Å². The summed E-state index contributed by atoms with van der Waals surface area (Å²) in [6, 6.07) is 8.64. The van der Waals surface area contributed by atoms with Crippen molar-refractivity contribution in [3.63, 3.8) is 0 Å². The van der Waals surface area contributed by atoms with Crippen molar-refractivity contribution < 1.29 is 14.6 Å². The molecule has 0 aliphatic heterocycles. The van der Waals surface area contributed by atoms with Crippen molar-refractivity contribution in [1.29, 1.82) is 0 Å². The second-order valence-electron chi connectivity index (χ2n) is 6.53. The molecule has 6 heteroatoms. The highest BCUT2D eigenvalue weighted by Gasteiger charge is 2.19. The maximum atomic E-state index is 11.0. The first kappa shape index (κ1) is 17.1. The standard InChI is InChI=1S/C19H21N3O3/c1-4-25-19(2,3)10-13-9-15-12-21-22(17(15)20-11-13)16-7-5-14(6-8-16)18(23)24/h5-9,11-12H,4,10H2,1-3H3,(H,23,24). The summed E-state index contributed by atoms with van der Waals surface area (Å²) in [5.74, 6) is -0.948. The number of ether oxygens (including phenoxy) is 1. The Bertz CT molecular complexity index is 898. The predicted molar refractivity (Wildman–Crippen MR) is 95.2 cm³/mol. The van der Waals surface area contributed by atoms with Gasteiger partial charge in [-0.2, -0.15) is 5.10 Å². The molecule has 3 aromatic rings. The highest BCUT2D eigenvalue weighted by Crippen LogP contribution is 2.22. The van der Waals surface area contributed by atoms with Gasteiger partial charge in [0.05, 0.1) is 23.0 Å². The maximum Gasteiger partial charge on any atom is 0.335 e. The average Bonchev–Trinajstić information content (AvgIpc) is 2.97. The summed E-state index contributed by atoms with van der Waals surface area (Å²) in [6.45, 7) is 6.79. The molecule has 1 N–H and O–H groups in total. The van der Waals surface area contributed by atoms with Crippen LogP contribution in [0, 0.1) is 0 Å². The van der Waals surface area contributed by atoms with Crippen LogP contribution in [0.4, 0.5) is 0 Å². The Kier molecular flexibility index (Phi) is 4.55. The van der Waals surface area contributed by atoms with Gasteiger partial charge in [-0.15, -0.1) is 0 Å². The number of rotatable bonds is 6. The van der Waals surface area contributed by atoms with Gasteiger partial charge in [0.2, 0.25) is 0 Å². The smallest absolute Gasteiger partial charge is 0.335 e. The molecule has 0 unspecified atom stereocenters. The van der Waals surface area contributed by atoms with Gasteiger partial charge in [-0.05, 0) is 56.7 Å². The van der Waals surface area contributed by atoms with E-state index in [9.17, 15) is 4.79 Å². The van der Waals surface area contributed by atoms with Crippen molar-refractivity contribution in [2.45, 2.75) is 32.8 Å². The molecule has 0 fully saturated rings. The molecule has 6 nitrogen and oxygen atoms in total. The van der Waals surface area contributed by atoms with Gasteiger partial charge in [0.25, 0.3) is 0 Å². The molecular formula is C19H21N3O3. The molecule has 1 aromatic carbocycles. The zero-order chi connectivity index (χ0) is 18.0. The Morgan fingerprint density at radius 1 is 1.24 bits per heavy atom. The topological polar surface area (TPSA) is 77.2 Å². The average molecular weight is 339 g/mol. The molecule has 2 heterocycles. The fourth-order valence-electron chi connectivity index (χ4n) is 2.93. The lowest BCUT2D eigenvalue weighted by Crippen LogP contribution is -2.27. The largest absolute Gasteiger partial charge is 0.478 e. The molecule has 130 valence electrons. The van der Waals surface area contributed by atoms with E-state index in [-0.39, 0.29) is 11.2 Å². The SMILES string of the molecule is CCOC(C)(C)Cc1cnc2c(cnn2-c2ccc(C(=O)O)cc2)c1. The first-order chi connectivity index (χ1) is 11.9. The van der Waals surface area contributed by atoms with E-state index in [2.05, 4.69) is 30.0 Å². The van der Waals surface area contributed by atoms with Gasteiger partial charge in [0, 0.05) is 24.6 Å². The number of aromatic nitrogens is 3. The Morgan fingerprint density at radius 2 is 1.96 bits per heavy atom. The zero-order valence-corrected chi connectivity index (χ0v) is 14.6. The third-order valence-electron chi connectivity index (χ3n) is 3.99. The van der Waals surface area contributed by atoms with Crippen LogP contribution < -0.4 is 0 Å². The van der Waals surface area contributed by atoms with Crippen molar-refractivity contribution in [2.24, 2.45) is 0 Å². The highest BCUT2D eigenvalue weighted by molar-refractivity contribution is 5.87. The van der Waals surface area contributed by atoms with Crippen molar-refractivity contribution in [3.05, 3.63) is 53.9 Å². The van der Waals surface area contributed by atoms with E-state index >= 15 is 0 Å². The molecule has 3 rings (SSSR count). The van der Waals surface area contributed by atoms with Crippen LogP contribution >= 0.6 is 0 Å². The number of fused-ring (bicyclic) bond motifs is 1. The number of carboxylic acids is 1. The zero-order valence-electron chi connectivity index (χ0n) is 14.6. The molecule has 0 amide bonds. The van der Waals surface area contributed by atoms with Gasteiger partial charge >= 0.3 is 5.97 Å². The summed E-state index contributed by atoms with van der Waals surface area (Å²) in [5.41, 5.74) is 2.60. The highest BCUT2D eigenvalue weighted by atomic mass is 16.5. The van der Waals surface area contributed by atoms with Crippen molar-refractivity contribution in [3.8, 4) is 5.69 Å². The van der Waals surface area contributed by atoms with E-state index < -0.39 is 5.97 Å². The van der Waals surface area contributed by atoms with Gasteiger partial charge in [0.15, 0.2) is 5.65 Å². The summed E-state index contributed by atoms with van der Waals surface area (Å²) >= 11 is 0. The van der Waals surface area contributed by atoms with Gasteiger partial charge in [-0.1, -0.05) is 0 Å². The Morgan fingerprint density at radius 3 is 2.60 bits per heavy atom. The fourth-order valence-corrected chi connectivity index (χ4v) is 2.93. The molecule has 0 atom stereocenters. The number of hydrogen-bond donors (Lipinski definition) is 1. The number of aromatic carboxylic acids is 1. The minimum Gasteiger partial charge on any atom is -0.478 e. The van der Waals surface area contributed by atoms with E-state index in [1.54, 1.807) is 35.1 Å². The first-order valence-corrected chi connectivity index (χ1v) is 8.20. The van der Waals surface area contributed by atoms with Gasteiger partial charge in [0.1, 0.15) is 0 Å². The van der Waals surface area contributed by atoms with Crippen LogP contribution in [0.5, 0.6) is 0 Å². The molecular weight excluding hydrogens is 318 g/mol. The third-order valence-corrected chi connectivity index (χ3v) is 3.99. The van der Waals surface area contributed by atoms with Crippen LogP contribution in [-0.4, -0.2) is 38.0 Å². The number of nitrogens with zero attached hydrogens (tertiary/aromatic N) is 3. The second kappa shape index (κ2) is 6.64. The van der Waals surface area contributed by atoms with Gasteiger partial charge in [-0.25, -0.2) is 14.5 Å². The molecule has 0 radical (unpaired) electrons. The predicted octanol–water partition coefficient (Wildman–Crippen LogP) is 3.48. The van der Waals surface area contributed by atoms with Crippen LogP contribution in [0.2, 0.25) is 0 Å². The molecule has 0 spiro atoms. The minimum atomic E-state index is -0.948. The Labute approximate surface area is 146 Å². The van der Waals surface area contributed by atoms with Crippen LogP contribution in [0.3, 0.4) is 0 Å². The lowest BCUT2D eigenvalue weighted by molar-refractivity contribution is -0.00936. The van der Waals surface area contributed by atoms with E-state index in [1.165, 1.54) is 0 Å². The van der Waals surface area contributed by atoms with Crippen LogP contribution in [0.15, 0.2) is 42.7 Å². The fraction of sp³-hybridized carbons (Fsp3) is 0.316. The summed E-state index contributed by atoms with van der Waals surface area (Å²) in [6.07, 6.45) is 4.37. The molecule has 0 saturated carbocycles. The Balaban J connectivity index is 1.91. The van der Waals surface area contributed by atoms with Crippen LogP contribution in [-0.2, 0) is 11.2 Å². The molecule has 0 aliphatic carbocycles. The first-order valence-electron chi connectivity index (χ1n) is 8.20. The molecule has 0 saturated heterocycles. The monoisotopic (exact) mass is 339 g/mol. The quantitative estimate of drug-likeness (QED) is 0.744. The number of carboxylic acid groups (broad SMARTS) is 1. The molecule has 0 aliphatic rings. The van der Waals surface area contributed by atoms with Crippen molar-refractivity contribution in [1.82, 2.24) is 14.8 Å². The number of hydrogen-bond acceptors (Lipinski definition) is 4. The number of pyridine rings is 1. The van der Waals surface area contributed by atoms with E-state index in [0.717, 1.165) is 28.7 Å². The maximum absolute atomic E-state index is 11.0. The van der Waals surface area contributed by atoms with Gasteiger partial charge in [-0.3, -0.25) is 0 Å². The van der Waals surface area contributed by atoms with Gasteiger partial charge < -0.3 is 9.84 Å². The molecule has 2 aromatic heterocycles. The lowest BCUT2D eigenvalue weighted by Gasteiger charge is -2.24. The van der Waals surface area contributed by atoms with Crippen LogP contribution in [0.1, 0.15) is 36.7 Å². The second-order valence-corrected chi connectivity index (χ2v) is 6.53. The number of carbonyl (C=O) groups is 1. The molecule has 25 heavy (non-hydrogen) atoms. The lowest BCUT2D eigenvalue weighted by atomic mass is 9.99. The number of benzene rings is 1. The Hall–Kier alpha value is -2.73. The minimum absolute atomic E-state index is 0.243. The van der Waals surface area contributed by atoms with E-state index in [4.69, 9.17) is 9.84 Å². The summed E-state index contributed by atoms with van der Waals surface area (Å²) < 4.78 is 7.46. The van der Waals surface area contributed by atoms with Crippen molar-refractivity contribution >= 4 is 17.0 Å². The normalized spacial score (nSPS) is 11.8. The van der Waals surface area contributed by atoms with Crippen molar-refractivity contribution in [2.75, 3.05) is 6.61 Å². The summed E-state index contributed by atoms with van der Waals surface area (Å²) in [5, 5.41) is 14.3. The third kappa shape index (κ3) is 3.69. The summed E-state index contributed by atoms with van der Waals surface area (Å²) in [4.78, 5) is 15.5. The summed E-state index contributed by atoms with van der Waals surface area (Å²) in [7, 11) is 0. The van der Waals surface area contributed by atoms with E-state index in [0.29, 0.717) is 6.61 Å².